The molecule has 1 amide bonds. The molecule has 2 saturated heterocycles. The number of nitrogens with zero attached hydrogens (tertiary/aromatic N) is 3. The minimum Gasteiger partial charge on any atom is -0.382 e. The first-order chi connectivity index (χ1) is 14.7. The van der Waals surface area contributed by atoms with Crippen molar-refractivity contribution in [3.63, 3.8) is 0 Å². The van der Waals surface area contributed by atoms with Gasteiger partial charge in [0.1, 0.15) is 6.17 Å². The number of aromatic nitrogens is 1. The molecule has 0 radical (unpaired) electrons. The van der Waals surface area contributed by atoms with Crippen molar-refractivity contribution in [1.29, 1.82) is 0 Å². The van der Waals surface area contributed by atoms with E-state index in [1.807, 2.05) is 6.92 Å². The van der Waals surface area contributed by atoms with Gasteiger partial charge in [0.25, 0.3) is 0 Å². The van der Waals surface area contributed by atoms with Crippen LogP contribution in [0.1, 0.15) is 31.7 Å². The average molecular weight is 438 g/mol. The molecule has 1 aromatic heterocycles. The Kier molecular flexibility index (Phi) is 6.05. The van der Waals surface area contributed by atoms with Crippen molar-refractivity contribution < 1.29 is 22.4 Å². The second kappa shape index (κ2) is 8.61. The molecule has 4 rings (SSSR count). The number of hydrogen-bond donors (Lipinski definition) is 1. The highest BCUT2D eigenvalue weighted by atomic mass is 19.4. The lowest BCUT2D eigenvalue weighted by molar-refractivity contribution is -0.136. The number of benzene rings is 1. The fraction of sp³-hybridized carbons (Fsp3) is 0.545. The Morgan fingerprint density at radius 3 is 2.61 bits per heavy atom. The molecule has 2 aliphatic rings. The van der Waals surface area contributed by atoms with E-state index < -0.39 is 17.9 Å². The number of carbonyl (C=O) groups is 1. The number of piperidine rings is 1. The Hall–Kier alpha value is -2.42. The van der Waals surface area contributed by atoms with Gasteiger partial charge in [0.15, 0.2) is 0 Å². The number of likely N-dealkylation sites (tertiary alicyclic amines) is 2. The highest BCUT2D eigenvalue weighted by Crippen LogP contribution is 2.36. The van der Waals surface area contributed by atoms with Crippen molar-refractivity contribution in [1.82, 2.24) is 14.8 Å². The van der Waals surface area contributed by atoms with E-state index in [1.54, 1.807) is 17.0 Å². The van der Waals surface area contributed by atoms with Crippen LogP contribution in [0.4, 0.5) is 23.2 Å². The maximum atomic E-state index is 13.5. The van der Waals surface area contributed by atoms with Crippen LogP contribution in [0.3, 0.4) is 0 Å². The molecule has 0 aliphatic carbocycles. The number of halogens is 4. The van der Waals surface area contributed by atoms with Gasteiger partial charge >= 0.3 is 6.18 Å². The predicted molar refractivity (Wildman–Crippen MR) is 111 cm³/mol. The van der Waals surface area contributed by atoms with Gasteiger partial charge in [-0.3, -0.25) is 14.7 Å². The Morgan fingerprint density at radius 2 is 1.97 bits per heavy atom. The lowest BCUT2D eigenvalue weighted by Gasteiger charge is -2.34. The Morgan fingerprint density at radius 1 is 1.23 bits per heavy atom. The predicted octanol–water partition coefficient (Wildman–Crippen LogP) is 4.09. The summed E-state index contributed by atoms with van der Waals surface area (Å²) in [5.74, 6) is -0.0427. The van der Waals surface area contributed by atoms with Crippen molar-refractivity contribution in [3.8, 4) is 0 Å². The van der Waals surface area contributed by atoms with Gasteiger partial charge in [-0.05, 0) is 31.9 Å². The number of amides is 1. The Balaban J connectivity index is 1.37. The molecule has 1 N–H and O–H groups in total. The van der Waals surface area contributed by atoms with Crippen molar-refractivity contribution in [3.05, 3.63) is 36.0 Å². The number of anilines is 1. The second-order valence-electron chi connectivity index (χ2n) is 8.48. The Labute approximate surface area is 178 Å². The minimum atomic E-state index is -4.46. The standard InChI is InChI=1S/C22H26F4N4O/c1-14-11-15(23)12-30(14)20(31)13-29-9-6-16(7-10-29)28-19-5-8-27-21-17(19)3-2-4-18(21)22(24,25)26/h2-5,8,14-16H,6-7,9-13H2,1H3,(H,27,28)/t14-,15+/m1/s1. The molecular formula is C22H26F4N4O. The van der Waals surface area contributed by atoms with Gasteiger partial charge in [-0.15, -0.1) is 0 Å². The first kappa shape index (κ1) is 21.8. The number of carbonyl (C=O) groups excluding carboxylic acids is 1. The van der Waals surface area contributed by atoms with Gasteiger partial charge in [-0.1, -0.05) is 12.1 Å². The van der Waals surface area contributed by atoms with E-state index in [4.69, 9.17) is 0 Å². The van der Waals surface area contributed by atoms with Crippen molar-refractivity contribution in [2.75, 3.05) is 31.5 Å². The average Bonchev–Trinajstić information content (AvgIpc) is 3.06. The molecule has 0 saturated carbocycles. The third kappa shape index (κ3) is 4.76. The van der Waals surface area contributed by atoms with Gasteiger partial charge in [0.2, 0.25) is 5.91 Å². The van der Waals surface area contributed by atoms with Crippen LogP contribution < -0.4 is 5.32 Å². The fourth-order valence-corrected chi connectivity index (χ4v) is 4.58. The van der Waals surface area contributed by atoms with E-state index in [0.717, 1.165) is 18.9 Å². The molecule has 2 fully saturated rings. The molecule has 0 bridgehead atoms. The topological polar surface area (TPSA) is 48.5 Å². The van der Waals surface area contributed by atoms with Crippen LogP contribution in [0.25, 0.3) is 10.9 Å². The highest BCUT2D eigenvalue weighted by Gasteiger charge is 2.34. The summed E-state index contributed by atoms with van der Waals surface area (Å²) in [4.78, 5) is 20.1. The van der Waals surface area contributed by atoms with Gasteiger partial charge in [0, 0.05) is 48.9 Å². The van der Waals surface area contributed by atoms with Gasteiger partial charge < -0.3 is 10.2 Å². The summed E-state index contributed by atoms with van der Waals surface area (Å²) >= 11 is 0. The van der Waals surface area contributed by atoms with Crippen LogP contribution in [-0.4, -0.2) is 65.1 Å². The summed E-state index contributed by atoms with van der Waals surface area (Å²) in [7, 11) is 0. The molecule has 2 aromatic rings. The summed E-state index contributed by atoms with van der Waals surface area (Å²) in [5, 5.41) is 3.81. The smallest absolute Gasteiger partial charge is 0.382 e. The molecule has 0 spiro atoms. The molecule has 2 atom stereocenters. The lowest BCUT2D eigenvalue weighted by Crippen LogP contribution is -2.46. The molecule has 31 heavy (non-hydrogen) atoms. The molecule has 9 heteroatoms. The van der Waals surface area contributed by atoms with Crippen LogP contribution >= 0.6 is 0 Å². The SMILES string of the molecule is C[C@@H]1C[C@H](F)CN1C(=O)CN1CCC(Nc2ccnc3c(C(F)(F)F)cccc23)CC1. The number of fused-ring (bicyclic) bond motifs is 1. The second-order valence-corrected chi connectivity index (χ2v) is 8.48. The quantitative estimate of drug-likeness (QED) is 0.731. The van der Waals surface area contributed by atoms with E-state index in [2.05, 4.69) is 15.2 Å². The summed E-state index contributed by atoms with van der Waals surface area (Å²) < 4.78 is 53.4. The van der Waals surface area contributed by atoms with Gasteiger partial charge in [-0.2, -0.15) is 13.2 Å². The van der Waals surface area contributed by atoms with Gasteiger partial charge in [-0.25, -0.2) is 4.39 Å². The van der Waals surface area contributed by atoms with Crippen molar-refractivity contribution in [2.24, 2.45) is 0 Å². The maximum Gasteiger partial charge on any atom is 0.418 e. The number of pyridine rings is 1. The third-order valence-electron chi connectivity index (χ3n) is 6.23. The summed E-state index contributed by atoms with van der Waals surface area (Å²) in [5.41, 5.74) is -0.173. The van der Waals surface area contributed by atoms with Crippen LogP contribution in [-0.2, 0) is 11.0 Å². The number of alkyl halides is 4. The summed E-state index contributed by atoms with van der Waals surface area (Å²) in [6, 6.07) is 5.80. The first-order valence-electron chi connectivity index (χ1n) is 10.6. The lowest BCUT2D eigenvalue weighted by atomic mass is 10.0. The van der Waals surface area contributed by atoms with Crippen molar-refractivity contribution in [2.45, 2.75) is 50.6 Å². The molecule has 5 nitrogen and oxygen atoms in total. The molecule has 2 aliphatic heterocycles. The van der Waals surface area contributed by atoms with E-state index >= 15 is 0 Å². The summed E-state index contributed by atoms with van der Waals surface area (Å²) in [6.07, 6.45) is -2.09. The molecule has 1 aromatic carbocycles. The van der Waals surface area contributed by atoms with Crippen LogP contribution in [0, 0.1) is 0 Å². The summed E-state index contributed by atoms with van der Waals surface area (Å²) in [6.45, 7) is 3.71. The van der Waals surface area contributed by atoms with Crippen LogP contribution in [0.5, 0.6) is 0 Å². The zero-order valence-electron chi connectivity index (χ0n) is 17.3. The zero-order chi connectivity index (χ0) is 22.2. The maximum absolute atomic E-state index is 13.5. The van der Waals surface area contributed by atoms with E-state index in [-0.39, 0.29) is 36.6 Å². The normalized spacial score (nSPS) is 23.5. The fourth-order valence-electron chi connectivity index (χ4n) is 4.58. The molecule has 3 heterocycles. The van der Waals surface area contributed by atoms with Crippen molar-refractivity contribution >= 4 is 22.5 Å². The third-order valence-corrected chi connectivity index (χ3v) is 6.23. The number of hydrogen-bond acceptors (Lipinski definition) is 4. The van der Waals surface area contributed by atoms with E-state index in [9.17, 15) is 22.4 Å². The van der Waals surface area contributed by atoms with Gasteiger partial charge in [0.05, 0.1) is 24.2 Å². The largest absolute Gasteiger partial charge is 0.418 e. The zero-order valence-corrected chi connectivity index (χ0v) is 17.3. The first-order valence-corrected chi connectivity index (χ1v) is 10.6. The number of nitrogens with one attached hydrogen (secondary N) is 1. The highest BCUT2D eigenvalue weighted by molar-refractivity contribution is 5.93. The van der Waals surface area contributed by atoms with Crippen LogP contribution in [0.2, 0.25) is 0 Å². The molecule has 168 valence electrons. The Bertz CT molecular complexity index is 943. The molecular weight excluding hydrogens is 412 g/mol. The minimum absolute atomic E-state index is 0.0427. The molecule has 0 unspecified atom stereocenters. The number of rotatable bonds is 4. The monoisotopic (exact) mass is 438 g/mol. The van der Waals surface area contributed by atoms with E-state index in [0.29, 0.717) is 30.6 Å². The van der Waals surface area contributed by atoms with E-state index in [1.165, 1.54) is 12.3 Å². The van der Waals surface area contributed by atoms with Crippen LogP contribution in [0.15, 0.2) is 30.5 Å². The number of para-hydroxylation sites is 1.